The first-order chi connectivity index (χ1) is 10.1. The lowest BCUT2D eigenvalue weighted by Crippen LogP contribution is -2.22. The van der Waals surface area contributed by atoms with Crippen molar-refractivity contribution in [2.45, 2.75) is 38.5 Å². The Labute approximate surface area is 123 Å². The van der Waals surface area contributed by atoms with E-state index in [9.17, 15) is 14.9 Å². The average molecular weight is 289 g/mol. The topological polar surface area (TPSA) is 84.6 Å². The summed E-state index contributed by atoms with van der Waals surface area (Å²) in [5.74, 6) is 0.371. The predicted molar refractivity (Wildman–Crippen MR) is 80.0 cm³/mol. The van der Waals surface area contributed by atoms with Crippen LogP contribution in [-0.2, 0) is 4.79 Å². The van der Waals surface area contributed by atoms with Crippen LogP contribution in [-0.4, -0.2) is 17.0 Å². The van der Waals surface area contributed by atoms with Gasteiger partial charge in [-0.25, -0.2) is 5.43 Å². The average Bonchev–Trinajstić information content (AvgIpc) is 2.48. The van der Waals surface area contributed by atoms with Crippen molar-refractivity contribution in [3.8, 4) is 0 Å². The van der Waals surface area contributed by atoms with E-state index in [-0.39, 0.29) is 11.6 Å². The molecule has 0 bridgehead atoms. The van der Waals surface area contributed by atoms with E-state index in [1.54, 1.807) is 12.1 Å². The van der Waals surface area contributed by atoms with Gasteiger partial charge in [0.15, 0.2) is 0 Å². The highest BCUT2D eigenvalue weighted by atomic mass is 16.6. The molecule has 112 valence electrons. The van der Waals surface area contributed by atoms with Gasteiger partial charge in [0.2, 0.25) is 5.91 Å². The fourth-order valence-corrected chi connectivity index (χ4v) is 2.60. The van der Waals surface area contributed by atoms with Crippen LogP contribution >= 0.6 is 0 Å². The van der Waals surface area contributed by atoms with Gasteiger partial charge in [0.05, 0.1) is 11.1 Å². The zero-order valence-electron chi connectivity index (χ0n) is 11.8. The normalized spacial score (nSPS) is 16.0. The van der Waals surface area contributed by atoms with Crippen LogP contribution in [0.3, 0.4) is 0 Å². The number of hydrazone groups is 1. The zero-order valence-corrected chi connectivity index (χ0v) is 11.8. The maximum Gasteiger partial charge on any atom is 0.270 e. The molecule has 1 saturated carbocycles. The Morgan fingerprint density at radius 2 is 2.14 bits per heavy atom. The van der Waals surface area contributed by atoms with E-state index >= 15 is 0 Å². The second-order valence-electron chi connectivity index (χ2n) is 5.35. The zero-order chi connectivity index (χ0) is 15.1. The molecule has 1 aromatic rings. The highest BCUT2D eigenvalue weighted by Gasteiger charge is 2.16. The number of carbonyl (C=O) groups is 1. The summed E-state index contributed by atoms with van der Waals surface area (Å²) in [6, 6.07) is 6.11. The van der Waals surface area contributed by atoms with Crippen LogP contribution in [0.5, 0.6) is 0 Å². The summed E-state index contributed by atoms with van der Waals surface area (Å²) in [5, 5.41) is 14.5. The van der Waals surface area contributed by atoms with Crippen molar-refractivity contribution in [2.24, 2.45) is 11.0 Å². The number of hydrogen-bond acceptors (Lipinski definition) is 4. The van der Waals surface area contributed by atoms with E-state index in [1.807, 2.05) is 0 Å². The molecule has 6 nitrogen and oxygen atoms in total. The molecule has 0 heterocycles. The number of amides is 1. The fourth-order valence-electron chi connectivity index (χ4n) is 2.60. The number of rotatable bonds is 5. The smallest absolute Gasteiger partial charge is 0.270 e. The first-order valence-electron chi connectivity index (χ1n) is 7.21. The number of non-ortho nitro benzene ring substituents is 1. The number of hydrogen-bond donors (Lipinski definition) is 1. The van der Waals surface area contributed by atoms with Gasteiger partial charge in [-0.2, -0.15) is 5.10 Å². The molecule has 0 radical (unpaired) electrons. The molecule has 2 rings (SSSR count). The number of nitro benzene ring substituents is 1. The van der Waals surface area contributed by atoms with Gasteiger partial charge in [0.1, 0.15) is 0 Å². The summed E-state index contributed by atoms with van der Waals surface area (Å²) < 4.78 is 0. The second kappa shape index (κ2) is 7.52. The molecule has 0 atom stereocenters. The first-order valence-corrected chi connectivity index (χ1v) is 7.21. The van der Waals surface area contributed by atoms with Gasteiger partial charge in [-0.1, -0.05) is 31.4 Å². The van der Waals surface area contributed by atoms with Crippen LogP contribution in [0.1, 0.15) is 44.1 Å². The predicted octanol–water partition coefficient (Wildman–Crippen LogP) is 3.02. The van der Waals surface area contributed by atoms with Crippen molar-refractivity contribution in [3.05, 3.63) is 39.9 Å². The van der Waals surface area contributed by atoms with Crippen LogP contribution in [0.25, 0.3) is 0 Å². The van der Waals surface area contributed by atoms with Gasteiger partial charge in [-0.15, -0.1) is 0 Å². The SMILES string of the molecule is O=C(CC1CCCCC1)N/N=C\c1cccc([N+](=O)[O-])c1. The molecule has 0 aliphatic heterocycles. The van der Waals surface area contributed by atoms with E-state index in [0.29, 0.717) is 17.9 Å². The maximum atomic E-state index is 11.7. The van der Waals surface area contributed by atoms with Crippen molar-refractivity contribution in [3.63, 3.8) is 0 Å². The Kier molecular flexibility index (Phi) is 5.43. The lowest BCUT2D eigenvalue weighted by atomic mass is 9.87. The number of nitrogens with one attached hydrogen (secondary N) is 1. The molecule has 1 N–H and O–H groups in total. The Balaban J connectivity index is 1.82. The quantitative estimate of drug-likeness (QED) is 0.513. The van der Waals surface area contributed by atoms with E-state index in [0.717, 1.165) is 12.8 Å². The summed E-state index contributed by atoms with van der Waals surface area (Å²) in [7, 11) is 0. The Morgan fingerprint density at radius 3 is 2.86 bits per heavy atom. The third kappa shape index (κ3) is 4.98. The summed E-state index contributed by atoms with van der Waals surface area (Å²) in [6.07, 6.45) is 7.83. The minimum Gasteiger partial charge on any atom is -0.273 e. The highest BCUT2D eigenvalue weighted by molar-refractivity contribution is 5.83. The summed E-state index contributed by atoms with van der Waals surface area (Å²) in [4.78, 5) is 21.9. The molecule has 0 aromatic heterocycles. The molecule has 0 unspecified atom stereocenters. The lowest BCUT2D eigenvalue weighted by Gasteiger charge is -2.20. The van der Waals surface area contributed by atoms with Crippen LogP contribution in [0, 0.1) is 16.0 Å². The standard InChI is InChI=1S/C15H19N3O3/c19-15(10-12-5-2-1-3-6-12)17-16-11-13-7-4-8-14(9-13)18(20)21/h4,7-9,11-12H,1-3,5-6,10H2,(H,17,19)/b16-11-. The monoisotopic (exact) mass is 289 g/mol. The minimum atomic E-state index is -0.459. The van der Waals surface area contributed by atoms with Gasteiger partial charge >= 0.3 is 0 Å². The van der Waals surface area contributed by atoms with E-state index in [4.69, 9.17) is 0 Å². The molecule has 0 saturated heterocycles. The largest absolute Gasteiger partial charge is 0.273 e. The van der Waals surface area contributed by atoms with Crippen molar-refractivity contribution in [1.82, 2.24) is 5.43 Å². The van der Waals surface area contributed by atoms with E-state index in [2.05, 4.69) is 10.5 Å². The number of carbonyl (C=O) groups excluding carboxylic acids is 1. The molecule has 1 aliphatic rings. The molecular formula is C15H19N3O3. The van der Waals surface area contributed by atoms with Crippen LogP contribution in [0.4, 0.5) is 5.69 Å². The third-order valence-electron chi connectivity index (χ3n) is 3.68. The molecule has 1 amide bonds. The number of nitro groups is 1. The molecule has 1 aromatic carbocycles. The van der Waals surface area contributed by atoms with Gasteiger partial charge < -0.3 is 0 Å². The third-order valence-corrected chi connectivity index (χ3v) is 3.68. The molecule has 1 fully saturated rings. The van der Waals surface area contributed by atoms with Crippen molar-refractivity contribution in [1.29, 1.82) is 0 Å². The van der Waals surface area contributed by atoms with Gasteiger partial charge in [-0.05, 0) is 18.8 Å². The molecule has 6 heteroatoms. The number of benzene rings is 1. The van der Waals surface area contributed by atoms with Crippen LogP contribution in [0.2, 0.25) is 0 Å². The first kappa shape index (κ1) is 15.2. The molecule has 21 heavy (non-hydrogen) atoms. The lowest BCUT2D eigenvalue weighted by molar-refractivity contribution is -0.384. The second-order valence-corrected chi connectivity index (χ2v) is 5.35. The molecule has 1 aliphatic carbocycles. The summed E-state index contributed by atoms with van der Waals surface area (Å²) >= 11 is 0. The van der Waals surface area contributed by atoms with Crippen molar-refractivity contribution in [2.75, 3.05) is 0 Å². The van der Waals surface area contributed by atoms with Crippen molar-refractivity contribution < 1.29 is 9.72 Å². The van der Waals surface area contributed by atoms with Crippen molar-refractivity contribution >= 4 is 17.8 Å². The Hall–Kier alpha value is -2.24. The fraction of sp³-hybridized carbons (Fsp3) is 0.467. The molecular weight excluding hydrogens is 270 g/mol. The van der Waals surface area contributed by atoms with Crippen LogP contribution < -0.4 is 5.43 Å². The van der Waals surface area contributed by atoms with Gasteiger partial charge in [-0.3, -0.25) is 14.9 Å². The maximum absolute atomic E-state index is 11.7. The summed E-state index contributed by atoms with van der Waals surface area (Å²) in [5.41, 5.74) is 3.08. The molecule has 0 spiro atoms. The van der Waals surface area contributed by atoms with E-state index in [1.165, 1.54) is 37.6 Å². The Bertz CT molecular complexity index is 537. The minimum absolute atomic E-state index is 0.00693. The van der Waals surface area contributed by atoms with Gasteiger partial charge in [0, 0.05) is 24.1 Å². The van der Waals surface area contributed by atoms with Crippen LogP contribution in [0.15, 0.2) is 29.4 Å². The van der Waals surface area contributed by atoms with E-state index < -0.39 is 4.92 Å². The Morgan fingerprint density at radius 1 is 1.38 bits per heavy atom. The summed E-state index contributed by atoms with van der Waals surface area (Å²) in [6.45, 7) is 0. The highest BCUT2D eigenvalue weighted by Crippen LogP contribution is 2.25. The number of nitrogens with zero attached hydrogens (tertiary/aromatic N) is 2. The van der Waals surface area contributed by atoms with Gasteiger partial charge in [0.25, 0.3) is 5.69 Å².